The largest absolute Gasteiger partial charge is 0.306 e. The second-order valence-corrected chi connectivity index (χ2v) is 2.79. The van der Waals surface area contributed by atoms with E-state index in [1.807, 2.05) is 0 Å². The molecule has 0 amide bonds. The Morgan fingerprint density at radius 1 is 1.45 bits per heavy atom. The third-order valence-electron chi connectivity index (χ3n) is 1.69. The second-order valence-electron chi connectivity index (χ2n) is 2.79. The summed E-state index contributed by atoms with van der Waals surface area (Å²) in [4.78, 5) is 11.1. The molecule has 1 heterocycles. The normalized spacial score (nSPS) is 18.5. The van der Waals surface area contributed by atoms with Gasteiger partial charge < -0.3 is 9.69 Å². The van der Waals surface area contributed by atoms with Gasteiger partial charge in [-0.15, -0.1) is 0 Å². The van der Waals surface area contributed by atoms with Gasteiger partial charge in [0.15, 0.2) is 0 Å². The molecule has 2 heteroatoms. The van der Waals surface area contributed by atoms with Crippen molar-refractivity contribution in [2.24, 2.45) is 0 Å². The molecule has 1 aliphatic rings. The smallest absolute Gasteiger partial charge is 0.116 e. The third-order valence-corrected chi connectivity index (χ3v) is 1.69. The van der Waals surface area contributed by atoms with E-state index in [1.54, 1.807) is 0 Å². The maximum Gasteiger partial charge on any atom is 0.116 e. The van der Waals surface area contributed by atoms with Gasteiger partial charge in [0.1, 0.15) is 6.29 Å². The fourth-order valence-corrected chi connectivity index (χ4v) is 0.935. The van der Waals surface area contributed by atoms with Crippen molar-refractivity contribution in [1.29, 1.82) is 0 Å². The standard InChI is InChI=1S/C7H13N.C2H4O/c1-7-3-5-8(2)6-4-7;1-2-3/h1,3-6H2,2H3;2H,1H3. The van der Waals surface area contributed by atoms with Gasteiger partial charge in [-0.05, 0) is 26.8 Å². The molecule has 0 radical (unpaired) electrons. The van der Waals surface area contributed by atoms with Crippen LogP contribution in [0, 0.1) is 0 Å². The molecule has 11 heavy (non-hydrogen) atoms. The summed E-state index contributed by atoms with van der Waals surface area (Å²) < 4.78 is 0. The van der Waals surface area contributed by atoms with Crippen molar-refractivity contribution >= 4 is 6.29 Å². The van der Waals surface area contributed by atoms with Crippen molar-refractivity contribution in [3.63, 3.8) is 0 Å². The minimum Gasteiger partial charge on any atom is -0.306 e. The molecule has 64 valence electrons. The van der Waals surface area contributed by atoms with E-state index in [0.717, 1.165) is 6.29 Å². The van der Waals surface area contributed by atoms with Crippen molar-refractivity contribution in [1.82, 2.24) is 4.90 Å². The highest BCUT2D eigenvalue weighted by Gasteiger charge is 2.06. The third kappa shape index (κ3) is 5.80. The highest BCUT2D eigenvalue weighted by Crippen LogP contribution is 2.10. The van der Waals surface area contributed by atoms with E-state index in [1.165, 1.54) is 38.4 Å². The molecule has 1 saturated heterocycles. The molecular weight excluding hydrogens is 138 g/mol. The lowest BCUT2D eigenvalue weighted by molar-refractivity contribution is -0.106. The van der Waals surface area contributed by atoms with Gasteiger partial charge in [0.2, 0.25) is 0 Å². The number of hydrogen-bond acceptors (Lipinski definition) is 2. The molecule has 1 rings (SSSR count). The summed E-state index contributed by atoms with van der Waals surface area (Å²) in [5, 5.41) is 0. The lowest BCUT2D eigenvalue weighted by atomic mass is 10.1. The Morgan fingerprint density at radius 2 is 1.82 bits per heavy atom. The van der Waals surface area contributed by atoms with Crippen molar-refractivity contribution in [2.75, 3.05) is 20.1 Å². The van der Waals surface area contributed by atoms with Crippen molar-refractivity contribution in [2.45, 2.75) is 19.8 Å². The zero-order chi connectivity index (χ0) is 8.69. The average Bonchev–Trinajstić information content (AvgIpc) is 1.97. The van der Waals surface area contributed by atoms with E-state index in [0.29, 0.717) is 0 Å². The number of carbonyl (C=O) groups is 1. The lowest BCUT2D eigenvalue weighted by Crippen LogP contribution is -2.25. The zero-order valence-corrected chi connectivity index (χ0v) is 7.47. The first-order chi connectivity index (χ1) is 5.20. The number of rotatable bonds is 0. The van der Waals surface area contributed by atoms with Crippen LogP contribution >= 0.6 is 0 Å². The van der Waals surface area contributed by atoms with Crippen LogP contribution in [-0.4, -0.2) is 31.3 Å². The molecule has 0 N–H and O–H groups in total. The Kier molecular flexibility index (Phi) is 5.75. The minimum absolute atomic E-state index is 0.750. The summed E-state index contributed by atoms with van der Waals surface area (Å²) in [6.07, 6.45) is 3.16. The van der Waals surface area contributed by atoms with Gasteiger partial charge in [0, 0.05) is 13.1 Å². The van der Waals surface area contributed by atoms with E-state index < -0.39 is 0 Å². The number of piperidine rings is 1. The van der Waals surface area contributed by atoms with Gasteiger partial charge in [-0.1, -0.05) is 12.2 Å². The Bertz CT molecular complexity index is 122. The molecule has 2 nitrogen and oxygen atoms in total. The van der Waals surface area contributed by atoms with Crippen LogP contribution in [0.1, 0.15) is 19.8 Å². The average molecular weight is 155 g/mol. The first kappa shape index (κ1) is 10.4. The SMILES string of the molecule is C=C1CCN(C)CC1.CC=O. The summed E-state index contributed by atoms with van der Waals surface area (Å²) in [6, 6.07) is 0. The van der Waals surface area contributed by atoms with Crippen LogP contribution in [0.4, 0.5) is 0 Å². The highest BCUT2D eigenvalue weighted by molar-refractivity contribution is 5.44. The summed E-state index contributed by atoms with van der Waals surface area (Å²) >= 11 is 0. The van der Waals surface area contributed by atoms with E-state index in [4.69, 9.17) is 4.79 Å². The second kappa shape index (κ2) is 6.10. The number of hydrogen-bond donors (Lipinski definition) is 0. The molecule has 0 bridgehead atoms. The minimum atomic E-state index is 0.750. The Labute approximate surface area is 68.9 Å². The molecule has 1 aliphatic heterocycles. The number of likely N-dealkylation sites (tertiary alicyclic amines) is 1. The molecule has 0 saturated carbocycles. The monoisotopic (exact) mass is 155 g/mol. The molecule has 0 unspecified atom stereocenters. The molecule has 0 spiro atoms. The van der Waals surface area contributed by atoms with Crippen LogP contribution in [0.5, 0.6) is 0 Å². The summed E-state index contributed by atoms with van der Waals surface area (Å²) in [5.74, 6) is 0. The highest BCUT2D eigenvalue weighted by atomic mass is 16.1. The van der Waals surface area contributed by atoms with E-state index in [9.17, 15) is 0 Å². The predicted molar refractivity (Wildman–Crippen MR) is 47.6 cm³/mol. The van der Waals surface area contributed by atoms with Gasteiger partial charge >= 0.3 is 0 Å². The van der Waals surface area contributed by atoms with E-state index in [2.05, 4.69) is 18.5 Å². The Morgan fingerprint density at radius 3 is 2.09 bits per heavy atom. The van der Waals surface area contributed by atoms with Gasteiger partial charge in [-0.2, -0.15) is 0 Å². The topological polar surface area (TPSA) is 20.3 Å². The lowest BCUT2D eigenvalue weighted by Gasteiger charge is -2.22. The first-order valence-electron chi connectivity index (χ1n) is 3.95. The van der Waals surface area contributed by atoms with Crippen LogP contribution in [-0.2, 0) is 4.79 Å². The van der Waals surface area contributed by atoms with E-state index >= 15 is 0 Å². The maximum atomic E-state index is 8.81. The molecule has 0 aromatic rings. The predicted octanol–water partition coefficient (Wildman–Crippen LogP) is 1.47. The molecule has 0 aromatic heterocycles. The number of carbonyl (C=O) groups excluding carboxylic acids is 1. The molecule has 0 atom stereocenters. The molecule has 1 fully saturated rings. The fraction of sp³-hybridized carbons (Fsp3) is 0.667. The first-order valence-corrected chi connectivity index (χ1v) is 3.95. The van der Waals surface area contributed by atoms with Gasteiger partial charge in [-0.3, -0.25) is 0 Å². The number of nitrogens with zero attached hydrogens (tertiary/aromatic N) is 1. The van der Waals surface area contributed by atoms with Gasteiger partial charge in [0.05, 0.1) is 0 Å². The fourth-order valence-electron chi connectivity index (χ4n) is 0.935. The molecule has 0 aliphatic carbocycles. The van der Waals surface area contributed by atoms with Gasteiger partial charge in [-0.25, -0.2) is 0 Å². The van der Waals surface area contributed by atoms with Crippen molar-refractivity contribution in [3.8, 4) is 0 Å². The Hall–Kier alpha value is -0.630. The number of aldehydes is 1. The Balaban J connectivity index is 0.000000292. The molecule has 0 aromatic carbocycles. The quantitative estimate of drug-likeness (QED) is 0.390. The summed E-state index contributed by atoms with van der Waals surface area (Å²) in [7, 11) is 2.16. The summed E-state index contributed by atoms with van der Waals surface area (Å²) in [6.45, 7) is 7.78. The van der Waals surface area contributed by atoms with E-state index in [-0.39, 0.29) is 0 Å². The van der Waals surface area contributed by atoms with Crippen LogP contribution in [0.3, 0.4) is 0 Å². The van der Waals surface area contributed by atoms with Crippen molar-refractivity contribution < 1.29 is 4.79 Å². The van der Waals surface area contributed by atoms with Crippen molar-refractivity contribution in [3.05, 3.63) is 12.2 Å². The van der Waals surface area contributed by atoms with Crippen LogP contribution in [0.15, 0.2) is 12.2 Å². The molecular formula is C9H17NO. The van der Waals surface area contributed by atoms with Crippen LogP contribution in [0.2, 0.25) is 0 Å². The summed E-state index contributed by atoms with van der Waals surface area (Å²) in [5.41, 5.74) is 1.42. The zero-order valence-electron chi connectivity index (χ0n) is 7.47. The van der Waals surface area contributed by atoms with Crippen LogP contribution < -0.4 is 0 Å². The van der Waals surface area contributed by atoms with Gasteiger partial charge in [0.25, 0.3) is 0 Å². The van der Waals surface area contributed by atoms with Crippen LogP contribution in [0.25, 0.3) is 0 Å². The maximum absolute atomic E-state index is 8.81.